The Morgan fingerprint density at radius 3 is 2.41 bits per heavy atom. The number of carbonyl (C=O) groups is 1. The van der Waals surface area contributed by atoms with E-state index in [1.165, 1.54) is 31.3 Å². The van der Waals surface area contributed by atoms with Gasteiger partial charge in [0.05, 0.1) is 29.5 Å². The molecule has 5 saturated carbocycles. The van der Waals surface area contributed by atoms with E-state index in [-0.39, 0.29) is 39.2 Å². The lowest BCUT2D eigenvalue weighted by molar-refractivity contribution is -0.247. The van der Waals surface area contributed by atoms with Gasteiger partial charge < -0.3 is 15.0 Å². The van der Waals surface area contributed by atoms with Crippen molar-refractivity contribution in [2.75, 3.05) is 6.54 Å². The minimum absolute atomic E-state index is 0.00532. The molecule has 5 aliphatic carbocycles. The van der Waals surface area contributed by atoms with Gasteiger partial charge in [0, 0.05) is 11.6 Å². The van der Waals surface area contributed by atoms with Gasteiger partial charge >= 0.3 is 0 Å². The first kappa shape index (κ1) is 34.0. The summed E-state index contributed by atoms with van der Waals surface area (Å²) in [6.07, 6.45) is 14.9. The van der Waals surface area contributed by atoms with Gasteiger partial charge in [-0.3, -0.25) is 4.79 Å². The van der Waals surface area contributed by atoms with Crippen LogP contribution in [0.5, 0.6) is 0 Å². The number of aromatic nitrogens is 2. The number of aliphatic hydroxyl groups is 1. The second-order valence-corrected chi connectivity index (χ2v) is 19.5. The number of nitrogens with one attached hydrogen (secondary N) is 1. The van der Waals surface area contributed by atoms with Gasteiger partial charge in [0.1, 0.15) is 5.82 Å². The molecule has 6 heteroatoms. The highest BCUT2D eigenvalue weighted by molar-refractivity contribution is 6.30. The molecule has 6 fully saturated rings. The molecule has 2 aromatic rings. The summed E-state index contributed by atoms with van der Waals surface area (Å²) in [5, 5.41) is 11.9. The van der Waals surface area contributed by atoms with Gasteiger partial charge in [-0.25, -0.2) is 4.98 Å². The maximum absolute atomic E-state index is 15.4. The molecule has 6 aliphatic rings. The lowest BCUT2D eigenvalue weighted by atomic mass is 9.32. The number of rotatable bonds is 4. The van der Waals surface area contributed by atoms with Crippen molar-refractivity contribution in [2.24, 2.45) is 56.7 Å². The molecule has 11 atom stereocenters. The van der Waals surface area contributed by atoms with Crippen LogP contribution < -0.4 is 0 Å². The zero-order valence-electron chi connectivity index (χ0n) is 31.0. The van der Waals surface area contributed by atoms with E-state index < -0.39 is 0 Å². The predicted octanol–water partition coefficient (Wildman–Crippen LogP) is 10.4. The number of amides is 1. The molecule has 5 nitrogen and oxygen atoms in total. The highest BCUT2D eigenvalue weighted by Gasteiger charge is 2.72. The third kappa shape index (κ3) is 4.65. The van der Waals surface area contributed by atoms with E-state index in [0.29, 0.717) is 35.5 Å². The molecule has 49 heavy (non-hydrogen) atoms. The van der Waals surface area contributed by atoms with Gasteiger partial charge in [-0.2, -0.15) is 0 Å². The Hall–Kier alpha value is -2.11. The first-order valence-corrected chi connectivity index (χ1v) is 20.0. The highest BCUT2D eigenvalue weighted by atomic mass is 35.5. The van der Waals surface area contributed by atoms with Crippen LogP contribution in [0.3, 0.4) is 0 Å². The third-order valence-electron chi connectivity index (χ3n) is 17.1. The monoisotopic (exact) mass is 685 g/mol. The molecule has 0 bridgehead atoms. The van der Waals surface area contributed by atoms with E-state index in [1.54, 1.807) is 0 Å². The maximum atomic E-state index is 15.4. The van der Waals surface area contributed by atoms with Crippen LogP contribution in [0.2, 0.25) is 5.02 Å². The number of carbonyl (C=O) groups excluding carboxylic acids is 1. The van der Waals surface area contributed by atoms with Crippen molar-refractivity contribution in [1.82, 2.24) is 14.9 Å². The van der Waals surface area contributed by atoms with Gasteiger partial charge in [0.15, 0.2) is 0 Å². The molecule has 1 aromatic carbocycles. The summed E-state index contributed by atoms with van der Waals surface area (Å²) in [4.78, 5) is 26.1. The number of likely N-dealkylation sites (tertiary alicyclic amines) is 1. The lowest BCUT2D eigenvalue weighted by Crippen LogP contribution is -2.67. The first-order chi connectivity index (χ1) is 23.2. The quantitative estimate of drug-likeness (QED) is 0.315. The Morgan fingerprint density at radius 1 is 0.918 bits per heavy atom. The number of benzene rings is 1. The fraction of sp³-hybridized carbons (Fsp3) is 0.721. The summed E-state index contributed by atoms with van der Waals surface area (Å²) >= 11 is 6.17. The number of allylic oxidation sites excluding steroid dienone is 1. The van der Waals surface area contributed by atoms with Crippen molar-refractivity contribution >= 4 is 17.5 Å². The van der Waals surface area contributed by atoms with Gasteiger partial charge in [0.25, 0.3) is 0 Å². The van der Waals surface area contributed by atoms with Gasteiger partial charge in [0.2, 0.25) is 5.91 Å². The third-order valence-corrected chi connectivity index (χ3v) is 17.3. The normalized spacial score (nSPS) is 44.1. The zero-order chi connectivity index (χ0) is 34.7. The second-order valence-electron chi connectivity index (χ2n) is 19.1. The number of hydrogen-bond acceptors (Lipinski definition) is 3. The topological polar surface area (TPSA) is 69.2 Å². The molecule has 1 aliphatic heterocycles. The van der Waals surface area contributed by atoms with E-state index in [4.69, 9.17) is 16.6 Å². The molecular weight excluding hydrogens is 626 g/mol. The lowest BCUT2D eigenvalue weighted by Gasteiger charge is -2.73. The Balaban J connectivity index is 1.12. The average molecular weight is 686 g/mol. The van der Waals surface area contributed by atoms with E-state index in [1.807, 2.05) is 30.5 Å². The number of nitrogens with zero attached hydrogens (tertiary/aromatic N) is 2. The number of aromatic amines is 1. The van der Waals surface area contributed by atoms with E-state index in [2.05, 4.69) is 58.0 Å². The Morgan fingerprint density at radius 2 is 1.67 bits per heavy atom. The number of hydrogen-bond donors (Lipinski definition) is 2. The maximum Gasteiger partial charge on any atom is 0.229 e. The van der Waals surface area contributed by atoms with Crippen LogP contribution in [-0.4, -0.2) is 38.5 Å². The van der Waals surface area contributed by atoms with Gasteiger partial charge in [-0.15, -0.1) is 0 Å². The number of halogens is 1. The van der Waals surface area contributed by atoms with Crippen LogP contribution in [-0.2, 0) is 4.79 Å². The van der Waals surface area contributed by atoms with Crippen LogP contribution >= 0.6 is 11.6 Å². The van der Waals surface area contributed by atoms with E-state index in [9.17, 15) is 5.11 Å². The summed E-state index contributed by atoms with van der Waals surface area (Å²) in [5.41, 5.74) is 3.65. The summed E-state index contributed by atoms with van der Waals surface area (Å²) in [5.74, 6) is 3.83. The Bertz CT molecular complexity index is 1630. The molecular formula is C43H60ClN3O2. The minimum Gasteiger partial charge on any atom is -0.393 e. The number of imidazole rings is 1. The van der Waals surface area contributed by atoms with Crippen LogP contribution in [0, 0.1) is 56.7 Å². The minimum atomic E-state index is -0.316. The predicted molar refractivity (Wildman–Crippen MR) is 198 cm³/mol. The Kier molecular flexibility index (Phi) is 7.94. The van der Waals surface area contributed by atoms with Gasteiger partial charge in [-0.05, 0) is 153 Å². The van der Waals surface area contributed by atoms with Crippen molar-refractivity contribution in [1.29, 1.82) is 0 Å². The Labute approximate surface area is 300 Å². The van der Waals surface area contributed by atoms with Crippen molar-refractivity contribution < 1.29 is 9.90 Å². The van der Waals surface area contributed by atoms with Crippen molar-refractivity contribution in [3.05, 3.63) is 53.5 Å². The van der Waals surface area contributed by atoms with Crippen LogP contribution in [0.15, 0.2) is 42.6 Å². The largest absolute Gasteiger partial charge is 0.393 e. The van der Waals surface area contributed by atoms with E-state index >= 15 is 4.79 Å². The van der Waals surface area contributed by atoms with Gasteiger partial charge in [-0.1, -0.05) is 70.5 Å². The summed E-state index contributed by atoms with van der Waals surface area (Å²) in [7, 11) is 0. The molecule has 1 amide bonds. The molecule has 8 rings (SSSR count). The molecule has 0 radical (unpaired) electrons. The second kappa shape index (κ2) is 11.4. The number of aliphatic hydroxyl groups excluding tert-OH is 1. The zero-order valence-corrected chi connectivity index (χ0v) is 31.7. The first-order valence-electron chi connectivity index (χ1n) is 19.6. The molecule has 1 saturated heterocycles. The van der Waals surface area contributed by atoms with Crippen molar-refractivity contribution in [3.63, 3.8) is 0 Å². The van der Waals surface area contributed by atoms with Crippen LogP contribution in [0.1, 0.15) is 130 Å². The van der Waals surface area contributed by atoms with Crippen LogP contribution in [0.25, 0.3) is 11.3 Å². The molecule has 0 spiro atoms. The average Bonchev–Trinajstić information content (AvgIpc) is 3.82. The van der Waals surface area contributed by atoms with Crippen molar-refractivity contribution in [3.8, 4) is 11.3 Å². The summed E-state index contributed by atoms with van der Waals surface area (Å²) < 4.78 is 0. The van der Waals surface area contributed by atoms with E-state index in [0.717, 1.165) is 80.0 Å². The molecule has 1 aromatic heterocycles. The fourth-order valence-electron chi connectivity index (χ4n) is 14.4. The SMILES string of the molecule is C=C(C)[C@@H]1CC[C@]2(C(=O)N3CCCC3c3ncc(-c4ccc(Cl)cc4)[nH]3)CC[C@]3(C)[C@H](CCC4[C@@]5(C)CC[C@H](O)C(C)(C)C5CC[C@]43C)C12. The molecule has 4 unspecified atom stereocenters. The number of fused-ring (bicyclic) bond motifs is 7. The fourth-order valence-corrected chi connectivity index (χ4v) is 14.5. The van der Waals surface area contributed by atoms with Crippen molar-refractivity contribution in [2.45, 2.75) is 131 Å². The molecule has 266 valence electrons. The smallest absolute Gasteiger partial charge is 0.229 e. The molecule has 2 N–H and O–H groups in total. The highest BCUT2D eigenvalue weighted by Crippen LogP contribution is 2.77. The van der Waals surface area contributed by atoms with Crippen LogP contribution in [0.4, 0.5) is 0 Å². The summed E-state index contributed by atoms with van der Waals surface area (Å²) in [6, 6.07) is 7.87. The standard InChI is InChI=1S/C43H60ClN3O2/c1-26(2)29-16-21-43(38(49)47-24-8-9-32(47)37-45-25-31(46-37)27-10-12-28(44)13-11-27)23-22-41(6)30(36(29)43)14-15-34-40(5)19-18-35(48)39(3,4)33(40)17-20-42(34,41)7/h10-13,25,29-30,32-36,48H,1,8-9,14-24H2,2-7H3,(H,45,46)/t29-,30+,32?,33?,34?,35-,36?,40-,41+,42+,43-/m0/s1. The summed E-state index contributed by atoms with van der Waals surface area (Å²) in [6.45, 7) is 20.3. The number of H-pyrrole nitrogens is 1. The molecule has 2 heterocycles.